The highest BCUT2D eigenvalue weighted by Crippen LogP contribution is 2.15. The Morgan fingerprint density at radius 2 is 1.80 bits per heavy atom. The number of methoxy groups -OCH3 is 1. The van der Waals surface area contributed by atoms with Crippen molar-refractivity contribution in [3.8, 4) is 0 Å². The number of hydrogen-bond donors (Lipinski definition) is 0. The van der Waals surface area contributed by atoms with E-state index in [0.717, 1.165) is 0 Å². The molecule has 0 rings (SSSR count). The zero-order valence-corrected chi connectivity index (χ0v) is 11.7. The number of amides is 1. The highest BCUT2D eigenvalue weighted by molar-refractivity contribution is 14.1. The van der Waals surface area contributed by atoms with Gasteiger partial charge in [0.15, 0.2) is 0 Å². The number of ether oxygens (including phenoxy) is 2. The predicted octanol–water partition coefficient (Wildman–Crippen LogP) is 2.13. The molecule has 0 aromatic carbocycles. The van der Waals surface area contributed by atoms with Crippen LogP contribution in [0, 0.1) is 0 Å². The van der Waals surface area contributed by atoms with Crippen LogP contribution >= 0.6 is 22.9 Å². The first-order valence-corrected chi connectivity index (χ1v) is 5.41. The minimum absolute atomic E-state index is 0.477. The normalized spacial score (nSPS) is 12.9. The molecular formula is C9H16INO4. The lowest BCUT2D eigenvalue weighted by molar-refractivity contribution is -0.144. The summed E-state index contributed by atoms with van der Waals surface area (Å²) in [5, 5.41) is 0. The van der Waals surface area contributed by atoms with Gasteiger partial charge in [-0.05, 0) is 27.7 Å². The third kappa shape index (κ3) is 5.19. The predicted molar refractivity (Wildman–Crippen MR) is 63.6 cm³/mol. The lowest BCUT2D eigenvalue weighted by atomic mass is 10.2. The van der Waals surface area contributed by atoms with Gasteiger partial charge in [-0.1, -0.05) is 0 Å². The Kier molecular flexibility index (Phi) is 5.33. The maximum Gasteiger partial charge on any atom is 0.419 e. The lowest BCUT2D eigenvalue weighted by Gasteiger charge is -2.25. The number of carbonyl (C=O) groups is 2. The standard InChI is InChI=1S/C9H16INO4/c1-6(7(12)14-5)11(10)8(13)15-9(2,3)4/h6H,1-5H3. The molecule has 0 N–H and O–H groups in total. The summed E-state index contributed by atoms with van der Waals surface area (Å²) in [5.41, 5.74) is -0.573. The molecule has 88 valence electrons. The first kappa shape index (κ1) is 14.5. The maximum absolute atomic E-state index is 11.5. The molecule has 0 saturated heterocycles. The van der Waals surface area contributed by atoms with E-state index in [4.69, 9.17) is 4.74 Å². The molecule has 0 aliphatic rings. The van der Waals surface area contributed by atoms with E-state index >= 15 is 0 Å². The summed E-state index contributed by atoms with van der Waals surface area (Å²) in [4.78, 5) is 22.7. The number of nitrogens with zero attached hydrogens (tertiary/aromatic N) is 1. The van der Waals surface area contributed by atoms with Crippen LogP contribution in [0.2, 0.25) is 0 Å². The summed E-state index contributed by atoms with van der Waals surface area (Å²) in [6.45, 7) is 6.86. The highest BCUT2D eigenvalue weighted by Gasteiger charge is 2.28. The molecule has 0 aromatic heterocycles. The second-order valence-corrected chi connectivity index (χ2v) is 5.03. The maximum atomic E-state index is 11.5. The Hall–Kier alpha value is -0.530. The van der Waals surface area contributed by atoms with E-state index in [2.05, 4.69) is 4.74 Å². The Morgan fingerprint density at radius 1 is 1.33 bits per heavy atom. The molecule has 0 aliphatic heterocycles. The third-order valence-corrected chi connectivity index (χ3v) is 2.68. The molecular weight excluding hydrogens is 313 g/mol. The molecule has 0 aromatic rings. The van der Waals surface area contributed by atoms with Gasteiger partial charge in [0.2, 0.25) is 0 Å². The Morgan fingerprint density at radius 3 is 2.13 bits per heavy atom. The minimum Gasteiger partial charge on any atom is -0.467 e. The summed E-state index contributed by atoms with van der Waals surface area (Å²) in [7, 11) is 1.28. The van der Waals surface area contributed by atoms with Crippen molar-refractivity contribution in [1.82, 2.24) is 3.11 Å². The van der Waals surface area contributed by atoms with Crippen LogP contribution in [0.3, 0.4) is 0 Å². The zero-order chi connectivity index (χ0) is 12.2. The quantitative estimate of drug-likeness (QED) is 0.442. The van der Waals surface area contributed by atoms with Crippen LogP contribution in [0.4, 0.5) is 4.79 Å². The number of esters is 1. The fraction of sp³-hybridized carbons (Fsp3) is 0.778. The Balaban J connectivity index is 4.39. The summed E-state index contributed by atoms with van der Waals surface area (Å²) in [6, 6.07) is -0.662. The van der Waals surface area contributed by atoms with E-state index in [1.54, 1.807) is 50.6 Å². The van der Waals surface area contributed by atoms with Crippen molar-refractivity contribution in [2.45, 2.75) is 39.3 Å². The van der Waals surface area contributed by atoms with Crippen molar-refractivity contribution in [2.75, 3.05) is 7.11 Å². The molecule has 0 saturated carbocycles. The SMILES string of the molecule is COC(=O)C(C)N(I)C(=O)OC(C)(C)C. The van der Waals surface area contributed by atoms with Gasteiger partial charge in [-0.25, -0.2) is 12.7 Å². The number of rotatable bonds is 2. The Labute approximate surface area is 104 Å². The molecule has 1 amide bonds. The molecule has 15 heavy (non-hydrogen) atoms. The van der Waals surface area contributed by atoms with Gasteiger partial charge in [-0.15, -0.1) is 0 Å². The molecule has 0 heterocycles. The number of halogens is 1. The van der Waals surface area contributed by atoms with Crippen LogP contribution in [0.1, 0.15) is 27.7 Å². The van der Waals surface area contributed by atoms with Crippen LogP contribution in [-0.4, -0.2) is 33.9 Å². The fourth-order valence-corrected chi connectivity index (χ4v) is 1.05. The van der Waals surface area contributed by atoms with Gasteiger partial charge in [0, 0.05) is 0 Å². The third-order valence-electron chi connectivity index (χ3n) is 1.45. The topological polar surface area (TPSA) is 55.8 Å². The first-order chi connectivity index (χ1) is 6.69. The number of carbonyl (C=O) groups excluding carboxylic acids is 2. The van der Waals surface area contributed by atoms with E-state index in [0.29, 0.717) is 0 Å². The summed E-state index contributed by atoms with van der Waals surface area (Å²) < 4.78 is 10.8. The molecule has 0 aliphatic carbocycles. The van der Waals surface area contributed by atoms with E-state index in [1.807, 2.05) is 0 Å². The second kappa shape index (κ2) is 5.53. The smallest absolute Gasteiger partial charge is 0.419 e. The van der Waals surface area contributed by atoms with Gasteiger partial charge in [0.05, 0.1) is 30.0 Å². The van der Waals surface area contributed by atoms with Crippen molar-refractivity contribution in [1.29, 1.82) is 0 Å². The Bertz CT molecular complexity index is 249. The van der Waals surface area contributed by atoms with E-state index in [1.165, 1.54) is 10.2 Å². The molecule has 0 spiro atoms. The second-order valence-electron chi connectivity index (χ2n) is 3.99. The minimum atomic E-state index is -0.662. The van der Waals surface area contributed by atoms with Gasteiger partial charge < -0.3 is 9.47 Å². The van der Waals surface area contributed by atoms with Crippen molar-refractivity contribution < 1.29 is 19.1 Å². The van der Waals surface area contributed by atoms with E-state index in [-0.39, 0.29) is 0 Å². The molecule has 1 atom stereocenters. The monoisotopic (exact) mass is 329 g/mol. The van der Waals surface area contributed by atoms with Crippen molar-refractivity contribution in [3.63, 3.8) is 0 Å². The van der Waals surface area contributed by atoms with Crippen LogP contribution in [-0.2, 0) is 14.3 Å². The van der Waals surface area contributed by atoms with Gasteiger partial charge in [-0.3, -0.25) is 0 Å². The number of hydrogen-bond acceptors (Lipinski definition) is 4. The zero-order valence-electron chi connectivity index (χ0n) is 9.54. The van der Waals surface area contributed by atoms with E-state index in [9.17, 15) is 9.59 Å². The van der Waals surface area contributed by atoms with Crippen molar-refractivity contribution in [3.05, 3.63) is 0 Å². The van der Waals surface area contributed by atoms with E-state index < -0.39 is 23.7 Å². The van der Waals surface area contributed by atoms with Crippen LogP contribution in [0.5, 0.6) is 0 Å². The molecule has 5 nitrogen and oxygen atoms in total. The summed E-state index contributed by atoms with van der Waals surface area (Å²) in [6.07, 6.45) is -0.555. The first-order valence-electron chi connectivity index (χ1n) is 4.45. The molecule has 0 fully saturated rings. The summed E-state index contributed by atoms with van der Waals surface area (Å²) in [5.74, 6) is -0.477. The van der Waals surface area contributed by atoms with Gasteiger partial charge in [0.1, 0.15) is 11.6 Å². The van der Waals surface area contributed by atoms with Crippen molar-refractivity contribution >= 4 is 34.9 Å². The van der Waals surface area contributed by atoms with Crippen LogP contribution < -0.4 is 0 Å². The lowest BCUT2D eigenvalue weighted by Crippen LogP contribution is -2.40. The van der Waals surface area contributed by atoms with Gasteiger partial charge >= 0.3 is 12.1 Å². The largest absolute Gasteiger partial charge is 0.467 e. The molecule has 1 unspecified atom stereocenters. The molecule has 6 heteroatoms. The average molecular weight is 329 g/mol. The fourth-order valence-electron chi connectivity index (χ4n) is 0.727. The molecule has 0 bridgehead atoms. The average Bonchev–Trinajstić information content (AvgIpc) is 2.11. The van der Waals surface area contributed by atoms with Crippen molar-refractivity contribution in [2.24, 2.45) is 0 Å². The highest BCUT2D eigenvalue weighted by atomic mass is 127. The summed E-state index contributed by atoms with van der Waals surface area (Å²) >= 11 is 1.73. The van der Waals surface area contributed by atoms with Gasteiger partial charge in [-0.2, -0.15) is 0 Å². The van der Waals surface area contributed by atoms with Crippen LogP contribution in [0.25, 0.3) is 0 Å². The molecule has 0 radical (unpaired) electrons. The van der Waals surface area contributed by atoms with Crippen LogP contribution in [0.15, 0.2) is 0 Å². The van der Waals surface area contributed by atoms with Gasteiger partial charge in [0.25, 0.3) is 0 Å².